The van der Waals surface area contributed by atoms with Crippen molar-refractivity contribution in [1.29, 1.82) is 0 Å². The van der Waals surface area contributed by atoms with E-state index in [1.807, 2.05) is 47.7 Å². The summed E-state index contributed by atoms with van der Waals surface area (Å²) in [5.74, 6) is -1.30. The van der Waals surface area contributed by atoms with Gasteiger partial charge in [-0.2, -0.15) is 0 Å². The van der Waals surface area contributed by atoms with E-state index in [4.69, 9.17) is 21.1 Å². The van der Waals surface area contributed by atoms with E-state index in [1.54, 1.807) is 44.2 Å². The fourth-order valence-corrected chi connectivity index (χ4v) is 4.95. The first-order valence-corrected chi connectivity index (χ1v) is 13.7. The van der Waals surface area contributed by atoms with Crippen LogP contribution in [0.4, 0.5) is 16.2 Å². The van der Waals surface area contributed by atoms with E-state index in [9.17, 15) is 19.2 Å². The minimum Gasteiger partial charge on any atom is -0.490 e. The maximum Gasteiger partial charge on any atom is 0.335 e. The Morgan fingerprint density at radius 1 is 1.07 bits per heavy atom. The number of hydrogen-bond donors (Lipinski definition) is 2. The molecule has 5 amide bonds. The SMILES string of the molecule is CCOc1cc(/C=C2\C(=O)NC(=O)N(c3cc(Cl)ccc3C)C2=O)cc(I)c1OCC(=O)Nc1cccc(C)c1. The van der Waals surface area contributed by atoms with Crippen LogP contribution in [0.1, 0.15) is 23.6 Å². The first kappa shape index (κ1) is 29.1. The summed E-state index contributed by atoms with van der Waals surface area (Å²) in [5.41, 5.74) is 2.78. The lowest BCUT2D eigenvalue weighted by molar-refractivity contribution is -0.122. The molecule has 1 aliphatic rings. The fraction of sp³-hybridized carbons (Fsp3) is 0.172. The van der Waals surface area contributed by atoms with Crippen molar-refractivity contribution in [3.05, 3.63) is 85.5 Å². The monoisotopic (exact) mass is 673 g/mol. The minimum absolute atomic E-state index is 0.247. The summed E-state index contributed by atoms with van der Waals surface area (Å²) in [6.07, 6.45) is 1.37. The molecule has 2 N–H and O–H groups in total. The van der Waals surface area contributed by atoms with Gasteiger partial charge in [-0.3, -0.25) is 19.7 Å². The van der Waals surface area contributed by atoms with E-state index < -0.39 is 17.8 Å². The molecule has 1 aliphatic heterocycles. The second-order valence-corrected chi connectivity index (χ2v) is 10.5. The van der Waals surface area contributed by atoms with Gasteiger partial charge in [0.05, 0.1) is 15.9 Å². The van der Waals surface area contributed by atoms with Crippen LogP contribution in [0.3, 0.4) is 0 Å². The molecule has 1 fully saturated rings. The fourth-order valence-electron chi connectivity index (χ4n) is 4.00. The Kier molecular flexibility index (Phi) is 9.10. The zero-order valence-electron chi connectivity index (χ0n) is 21.8. The lowest BCUT2D eigenvalue weighted by Crippen LogP contribution is -2.54. The molecule has 206 valence electrons. The zero-order valence-corrected chi connectivity index (χ0v) is 24.8. The highest BCUT2D eigenvalue weighted by atomic mass is 127. The molecule has 0 atom stereocenters. The normalized spacial score (nSPS) is 14.3. The highest BCUT2D eigenvalue weighted by molar-refractivity contribution is 14.1. The Morgan fingerprint density at radius 2 is 1.85 bits per heavy atom. The highest BCUT2D eigenvalue weighted by Gasteiger charge is 2.37. The van der Waals surface area contributed by atoms with Crippen LogP contribution in [-0.4, -0.2) is 37.0 Å². The van der Waals surface area contributed by atoms with Crippen molar-refractivity contribution in [3.8, 4) is 11.5 Å². The van der Waals surface area contributed by atoms with Gasteiger partial charge in [0, 0.05) is 10.7 Å². The average Bonchev–Trinajstić information content (AvgIpc) is 2.88. The predicted octanol–water partition coefficient (Wildman–Crippen LogP) is 5.64. The van der Waals surface area contributed by atoms with Gasteiger partial charge in [-0.15, -0.1) is 0 Å². The first-order valence-electron chi connectivity index (χ1n) is 12.2. The summed E-state index contributed by atoms with van der Waals surface area (Å²) in [6.45, 7) is 5.49. The van der Waals surface area contributed by atoms with Gasteiger partial charge >= 0.3 is 6.03 Å². The number of barbiturate groups is 1. The van der Waals surface area contributed by atoms with E-state index in [1.165, 1.54) is 12.1 Å². The van der Waals surface area contributed by atoms with Crippen LogP contribution in [0.2, 0.25) is 5.02 Å². The number of anilines is 2. The number of amides is 5. The molecule has 0 aliphatic carbocycles. The number of nitrogens with one attached hydrogen (secondary N) is 2. The number of carbonyl (C=O) groups excluding carboxylic acids is 4. The number of rotatable bonds is 8. The predicted molar refractivity (Wildman–Crippen MR) is 161 cm³/mol. The van der Waals surface area contributed by atoms with Crippen LogP contribution in [-0.2, 0) is 14.4 Å². The Hall–Kier alpha value is -3.90. The number of ether oxygens (including phenoxy) is 2. The lowest BCUT2D eigenvalue weighted by Gasteiger charge is -2.27. The molecule has 0 saturated carbocycles. The number of imide groups is 2. The Bertz CT molecular complexity index is 1550. The van der Waals surface area contributed by atoms with Gasteiger partial charge in [0.2, 0.25) is 0 Å². The van der Waals surface area contributed by atoms with Gasteiger partial charge in [0.25, 0.3) is 17.7 Å². The average molecular weight is 674 g/mol. The van der Waals surface area contributed by atoms with Crippen LogP contribution in [0, 0.1) is 17.4 Å². The Morgan fingerprint density at radius 3 is 2.58 bits per heavy atom. The van der Waals surface area contributed by atoms with Crippen LogP contribution in [0.25, 0.3) is 6.08 Å². The zero-order chi connectivity index (χ0) is 29.0. The molecule has 0 aromatic heterocycles. The number of nitrogens with zero attached hydrogens (tertiary/aromatic N) is 1. The Balaban J connectivity index is 1.60. The standard InChI is InChI=1S/C29H25ClIN3O6/c1-4-39-24-13-18(12-22(31)26(24)40-15-25(35)32-20-7-5-6-16(2)10-20)11-21-27(36)33-29(38)34(28(21)37)23-14-19(30)9-8-17(23)3/h5-14H,4,15H2,1-3H3,(H,32,35)(H,33,36,38)/b21-11+. The summed E-state index contributed by atoms with van der Waals surface area (Å²) >= 11 is 8.12. The van der Waals surface area contributed by atoms with Crippen LogP contribution in [0.15, 0.2) is 60.2 Å². The van der Waals surface area contributed by atoms with Crippen molar-refractivity contribution in [2.45, 2.75) is 20.8 Å². The molecule has 0 unspecified atom stereocenters. The molecule has 1 heterocycles. The number of urea groups is 1. The number of aryl methyl sites for hydroxylation is 2. The molecule has 40 heavy (non-hydrogen) atoms. The maximum atomic E-state index is 13.4. The van der Waals surface area contributed by atoms with Gasteiger partial charge in [-0.1, -0.05) is 29.8 Å². The smallest absolute Gasteiger partial charge is 0.335 e. The number of carbonyl (C=O) groups is 4. The maximum absolute atomic E-state index is 13.4. The van der Waals surface area contributed by atoms with Gasteiger partial charge in [-0.05, 0) is 103 Å². The van der Waals surface area contributed by atoms with Crippen molar-refractivity contribution in [1.82, 2.24) is 5.32 Å². The van der Waals surface area contributed by atoms with Gasteiger partial charge < -0.3 is 14.8 Å². The molecule has 3 aromatic carbocycles. The van der Waals surface area contributed by atoms with E-state index in [0.717, 1.165) is 10.5 Å². The molecular weight excluding hydrogens is 649 g/mol. The topological polar surface area (TPSA) is 114 Å². The summed E-state index contributed by atoms with van der Waals surface area (Å²) < 4.78 is 12.1. The summed E-state index contributed by atoms with van der Waals surface area (Å²) in [6, 6.07) is 14.6. The van der Waals surface area contributed by atoms with Gasteiger partial charge in [0.1, 0.15) is 5.57 Å². The molecule has 9 nitrogen and oxygen atoms in total. The van der Waals surface area contributed by atoms with Gasteiger partial charge in [-0.25, -0.2) is 9.69 Å². The van der Waals surface area contributed by atoms with Crippen molar-refractivity contribution < 1.29 is 28.7 Å². The van der Waals surface area contributed by atoms with Crippen LogP contribution < -0.4 is 25.0 Å². The van der Waals surface area contributed by atoms with E-state index in [0.29, 0.717) is 43.5 Å². The second kappa shape index (κ2) is 12.5. The highest BCUT2D eigenvalue weighted by Crippen LogP contribution is 2.36. The van der Waals surface area contributed by atoms with Crippen molar-refractivity contribution >= 4 is 75.4 Å². The molecule has 11 heteroatoms. The molecule has 4 rings (SSSR count). The third kappa shape index (κ3) is 6.62. The van der Waals surface area contributed by atoms with E-state index in [-0.39, 0.29) is 23.8 Å². The third-order valence-corrected chi connectivity index (χ3v) is 6.84. The number of hydrogen-bond acceptors (Lipinski definition) is 6. The van der Waals surface area contributed by atoms with Gasteiger partial charge in [0.15, 0.2) is 18.1 Å². The van der Waals surface area contributed by atoms with E-state index >= 15 is 0 Å². The van der Waals surface area contributed by atoms with Crippen molar-refractivity contribution in [2.24, 2.45) is 0 Å². The lowest BCUT2D eigenvalue weighted by atomic mass is 10.1. The van der Waals surface area contributed by atoms with E-state index in [2.05, 4.69) is 10.6 Å². The Labute approximate surface area is 249 Å². The quantitative estimate of drug-likeness (QED) is 0.182. The van der Waals surface area contributed by atoms with Crippen molar-refractivity contribution in [3.63, 3.8) is 0 Å². The molecule has 3 aromatic rings. The van der Waals surface area contributed by atoms with Crippen LogP contribution >= 0.6 is 34.2 Å². The molecule has 0 radical (unpaired) electrons. The van der Waals surface area contributed by atoms with Crippen LogP contribution in [0.5, 0.6) is 11.5 Å². The second-order valence-electron chi connectivity index (χ2n) is 8.86. The van der Waals surface area contributed by atoms with Crippen molar-refractivity contribution in [2.75, 3.05) is 23.4 Å². The molecule has 0 bridgehead atoms. The summed E-state index contributed by atoms with van der Waals surface area (Å²) in [7, 11) is 0. The molecular formula is C29H25ClIN3O6. The first-order chi connectivity index (χ1) is 19.1. The summed E-state index contributed by atoms with van der Waals surface area (Å²) in [4.78, 5) is 52.0. The number of halogens is 2. The summed E-state index contributed by atoms with van der Waals surface area (Å²) in [5, 5.41) is 5.34. The molecule has 0 spiro atoms. The third-order valence-electron chi connectivity index (χ3n) is 5.81. The number of benzene rings is 3. The minimum atomic E-state index is -0.866. The molecule has 1 saturated heterocycles. The largest absolute Gasteiger partial charge is 0.490 e.